The first-order chi connectivity index (χ1) is 9.00. The maximum atomic E-state index is 13.7. The quantitative estimate of drug-likeness (QED) is 0.589. The van der Waals surface area contributed by atoms with Gasteiger partial charge in [0.05, 0.1) is 10.6 Å². The number of hydrogen-bond donors (Lipinski definition) is 0. The Morgan fingerprint density at radius 3 is 2.32 bits per heavy atom. The van der Waals surface area contributed by atoms with Crippen molar-refractivity contribution in [1.29, 1.82) is 0 Å². The summed E-state index contributed by atoms with van der Waals surface area (Å²) in [6.07, 6.45) is 0. The third-order valence-corrected chi connectivity index (χ3v) is 3.35. The summed E-state index contributed by atoms with van der Waals surface area (Å²) in [7, 11) is 0. The first kappa shape index (κ1) is 14.0. The monoisotopic (exact) mass is 300 g/mol. The lowest BCUT2D eigenvalue weighted by Gasteiger charge is -2.10. The Morgan fingerprint density at radius 2 is 1.68 bits per heavy atom. The molecule has 0 fully saturated rings. The highest BCUT2D eigenvalue weighted by molar-refractivity contribution is 6.35. The van der Waals surface area contributed by atoms with Gasteiger partial charge in [0, 0.05) is 0 Å². The third kappa shape index (κ3) is 2.94. The van der Waals surface area contributed by atoms with E-state index in [9.17, 15) is 13.6 Å². The Bertz CT molecular complexity index is 611. The summed E-state index contributed by atoms with van der Waals surface area (Å²) in [5.74, 6) is -1.86. The van der Waals surface area contributed by atoms with Crippen LogP contribution in [-0.4, -0.2) is 5.78 Å². The second-order valence-electron chi connectivity index (χ2n) is 3.88. The minimum atomic E-state index is -1.09. The standard InChI is InChI=1S/C14H8Cl2F2O/c15-11-3-1-2-10(13(11)18)14(19)12(16)8-4-6-9(17)7-5-8/h1-7,12H. The molecule has 0 heterocycles. The average molecular weight is 301 g/mol. The molecule has 0 radical (unpaired) electrons. The molecule has 2 aromatic rings. The zero-order valence-corrected chi connectivity index (χ0v) is 11.1. The fourth-order valence-corrected chi connectivity index (χ4v) is 2.05. The van der Waals surface area contributed by atoms with Crippen LogP contribution in [0.4, 0.5) is 8.78 Å². The van der Waals surface area contributed by atoms with Crippen molar-refractivity contribution in [3.63, 3.8) is 0 Å². The van der Waals surface area contributed by atoms with Crippen LogP contribution in [-0.2, 0) is 0 Å². The molecule has 0 bridgehead atoms. The van der Waals surface area contributed by atoms with Crippen molar-refractivity contribution in [2.45, 2.75) is 5.38 Å². The number of hydrogen-bond acceptors (Lipinski definition) is 1. The lowest BCUT2D eigenvalue weighted by atomic mass is 10.0. The van der Waals surface area contributed by atoms with Gasteiger partial charge in [-0.15, -0.1) is 11.6 Å². The van der Waals surface area contributed by atoms with Crippen LogP contribution in [0.2, 0.25) is 5.02 Å². The highest BCUT2D eigenvalue weighted by Crippen LogP contribution is 2.28. The number of halogens is 4. The lowest BCUT2D eigenvalue weighted by Crippen LogP contribution is -2.10. The molecule has 19 heavy (non-hydrogen) atoms. The van der Waals surface area contributed by atoms with Gasteiger partial charge in [0.1, 0.15) is 11.2 Å². The average Bonchev–Trinajstić information content (AvgIpc) is 2.41. The van der Waals surface area contributed by atoms with Crippen molar-refractivity contribution >= 4 is 29.0 Å². The molecule has 2 aromatic carbocycles. The number of carbonyl (C=O) groups excluding carboxylic acids is 1. The SMILES string of the molecule is O=C(c1cccc(Cl)c1F)C(Cl)c1ccc(F)cc1. The van der Waals surface area contributed by atoms with Crippen molar-refractivity contribution in [2.24, 2.45) is 0 Å². The molecule has 1 unspecified atom stereocenters. The normalized spacial score (nSPS) is 12.2. The van der Waals surface area contributed by atoms with Gasteiger partial charge in [0.25, 0.3) is 0 Å². The fraction of sp³-hybridized carbons (Fsp3) is 0.0714. The van der Waals surface area contributed by atoms with Gasteiger partial charge in [0.15, 0.2) is 11.6 Å². The van der Waals surface area contributed by atoms with E-state index in [4.69, 9.17) is 23.2 Å². The van der Waals surface area contributed by atoms with E-state index in [1.807, 2.05) is 0 Å². The molecule has 0 amide bonds. The molecule has 0 N–H and O–H groups in total. The Morgan fingerprint density at radius 1 is 1.05 bits per heavy atom. The summed E-state index contributed by atoms with van der Waals surface area (Å²) >= 11 is 11.6. The molecule has 1 nitrogen and oxygen atoms in total. The van der Waals surface area contributed by atoms with E-state index >= 15 is 0 Å². The molecule has 1 atom stereocenters. The van der Waals surface area contributed by atoms with Crippen molar-refractivity contribution in [1.82, 2.24) is 0 Å². The van der Waals surface area contributed by atoms with E-state index in [1.54, 1.807) is 0 Å². The molecule has 0 aliphatic carbocycles. The first-order valence-corrected chi connectivity index (χ1v) is 6.20. The van der Waals surface area contributed by atoms with Crippen LogP contribution in [0, 0.1) is 11.6 Å². The van der Waals surface area contributed by atoms with E-state index in [-0.39, 0.29) is 10.6 Å². The second-order valence-corrected chi connectivity index (χ2v) is 4.72. The predicted molar refractivity (Wildman–Crippen MR) is 70.7 cm³/mol. The van der Waals surface area contributed by atoms with Crippen LogP contribution >= 0.6 is 23.2 Å². The van der Waals surface area contributed by atoms with Crippen LogP contribution in [0.3, 0.4) is 0 Å². The molecule has 0 spiro atoms. The van der Waals surface area contributed by atoms with Gasteiger partial charge in [-0.1, -0.05) is 29.8 Å². The largest absolute Gasteiger partial charge is 0.292 e. The number of ketones is 1. The fourth-order valence-electron chi connectivity index (χ4n) is 1.61. The van der Waals surface area contributed by atoms with E-state index < -0.39 is 22.8 Å². The van der Waals surface area contributed by atoms with Crippen LogP contribution in [0.25, 0.3) is 0 Å². The van der Waals surface area contributed by atoms with Gasteiger partial charge in [-0.2, -0.15) is 0 Å². The second kappa shape index (κ2) is 5.68. The summed E-state index contributed by atoms with van der Waals surface area (Å²) < 4.78 is 26.5. The van der Waals surface area contributed by atoms with Crippen LogP contribution < -0.4 is 0 Å². The summed E-state index contributed by atoms with van der Waals surface area (Å²) in [4.78, 5) is 12.1. The minimum Gasteiger partial charge on any atom is -0.292 e. The molecule has 0 saturated heterocycles. The topological polar surface area (TPSA) is 17.1 Å². The van der Waals surface area contributed by atoms with Crippen molar-refractivity contribution in [3.8, 4) is 0 Å². The van der Waals surface area contributed by atoms with Crippen molar-refractivity contribution in [3.05, 3.63) is 70.2 Å². The van der Waals surface area contributed by atoms with E-state index in [0.29, 0.717) is 5.56 Å². The van der Waals surface area contributed by atoms with Crippen molar-refractivity contribution < 1.29 is 13.6 Å². The van der Waals surface area contributed by atoms with Crippen LogP contribution in [0.5, 0.6) is 0 Å². The molecule has 2 rings (SSSR count). The maximum Gasteiger partial charge on any atom is 0.188 e. The van der Waals surface area contributed by atoms with Crippen LogP contribution in [0.15, 0.2) is 42.5 Å². The van der Waals surface area contributed by atoms with Crippen LogP contribution in [0.1, 0.15) is 21.3 Å². The summed E-state index contributed by atoms with van der Waals surface area (Å²) in [6.45, 7) is 0. The number of carbonyl (C=O) groups is 1. The molecular weight excluding hydrogens is 293 g/mol. The van der Waals surface area contributed by atoms with Crippen molar-refractivity contribution in [2.75, 3.05) is 0 Å². The molecule has 98 valence electrons. The Balaban J connectivity index is 2.33. The zero-order valence-electron chi connectivity index (χ0n) is 9.54. The molecular formula is C14H8Cl2F2O. The van der Waals surface area contributed by atoms with E-state index in [1.165, 1.54) is 42.5 Å². The predicted octanol–water partition coefficient (Wildman–Crippen LogP) is 4.78. The highest BCUT2D eigenvalue weighted by Gasteiger charge is 2.23. The van der Waals surface area contributed by atoms with Gasteiger partial charge in [-0.05, 0) is 29.8 Å². The van der Waals surface area contributed by atoms with Gasteiger partial charge in [0.2, 0.25) is 0 Å². The van der Waals surface area contributed by atoms with Gasteiger partial charge >= 0.3 is 0 Å². The lowest BCUT2D eigenvalue weighted by molar-refractivity contribution is 0.0983. The number of rotatable bonds is 3. The van der Waals surface area contributed by atoms with Gasteiger partial charge in [-0.25, -0.2) is 8.78 Å². The summed E-state index contributed by atoms with van der Waals surface area (Å²) in [6, 6.07) is 9.25. The summed E-state index contributed by atoms with van der Waals surface area (Å²) in [5, 5.41) is -1.23. The smallest absolute Gasteiger partial charge is 0.188 e. The van der Waals surface area contributed by atoms with Gasteiger partial charge in [-0.3, -0.25) is 4.79 Å². The molecule has 0 aliphatic heterocycles. The first-order valence-electron chi connectivity index (χ1n) is 5.38. The number of Topliss-reactive ketones (excluding diaryl/α,β-unsaturated/α-hetero) is 1. The third-order valence-electron chi connectivity index (χ3n) is 2.61. The molecule has 0 aromatic heterocycles. The Kier molecular flexibility index (Phi) is 4.17. The molecule has 0 saturated carbocycles. The molecule has 5 heteroatoms. The van der Waals surface area contributed by atoms with Gasteiger partial charge < -0.3 is 0 Å². The zero-order chi connectivity index (χ0) is 14.0. The Labute approximate surface area is 118 Å². The Hall–Kier alpha value is -1.45. The molecule has 0 aliphatic rings. The summed E-state index contributed by atoms with van der Waals surface area (Å²) in [5.41, 5.74) is 0.212. The number of benzene rings is 2. The van der Waals surface area contributed by atoms with E-state index in [0.717, 1.165) is 0 Å². The maximum absolute atomic E-state index is 13.7. The van der Waals surface area contributed by atoms with E-state index in [2.05, 4.69) is 0 Å². The minimum absolute atomic E-state index is 0.145. The highest BCUT2D eigenvalue weighted by atomic mass is 35.5. The number of alkyl halides is 1.